The Hall–Kier alpha value is -0.250. The Kier molecular flexibility index (Phi) is 1.71. The maximum absolute atomic E-state index is 11.5. The van der Waals surface area contributed by atoms with Crippen molar-refractivity contribution in [2.45, 2.75) is 44.3 Å². The largest absolute Gasteiger partial charge is 0.781 e. The molecule has 0 aromatic rings. The zero-order valence-corrected chi connectivity index (χ0v) is 7.42. The van der Waals surface area contributed by atoms with Gasteiger partial charge in [0.2, 0.25) is 0 Å². The first kappa shape index (κ1) is 8.84. The Morgan fingerprint density at radius 3 is 2.09 bits per heavy atom. The Bertz CT molecular complexity index is 165. The fourth-order valence-electron chi connectivity index (χ4n) is 1.65. The van der Waals surface area contributed by atoms with Crippen molar-refractivity contribution in [1.29, 1.82) is 0 Å². The van der Waals surface area contributed by atoms with Crippen molar-refractivity contribution in [3.63, 3.8) is 0 Å². The van der Waals surface area contributed by atoms with Crippen molar-refractivity contribution in [2.75, 3.05) is 0 Å². The zero-order valence-electron chi connectivity index (χ0n) is 7.42. The number of hydrogen-bond donors (Lipinski definition) is 1. The van der Waals surface area contributed by atoms with Gasteiger partial charge >= 0.3 is 0 Å². The first-order chi connectivity index (χ1) is 4.78. The molecule has 0 spiro atoms. The van der Waals surface area contributed by atoms with Gasteiger partial charge in [0.25, 0.3) is 0 Å². The third-order valence-corrected chi connectivity index (χ3v) is 2.58. The molecule has 0 amide bonds. The highest BCUT2D eigenvalue weighted by Crippen LogP contribution is 2.38. The fourth-order valence-corrected chi connectivity index (χ4v) is 1.65. The first-order valence-electron chi connectivity index (χ1n) is 3.87. The molecule has 3 nitrogen and oxygen atoms in total. The molecule has 2 unspecified atom stereocenters. The van der Waals surface area contributed by atoms with E-state index in [1.807, 2.05) is 20.8 Å². The van der Waals surface area contributed by atoms with Gasteiger partial charge in [0.1, 0.15) is 5.54 Å². The summed E-state index contributed by atoms with van der Waals surface area (Å²) in [5.41, 5.74) is 4.80. The van der Waals surface area contributed by atoms with Gasteiger partial charge in [-0.05, 0) is 20.8 Å². The summed E-state index contributed by atoms with van der Waals surface area (Å²) in [6.07, 6.45) is 0.670. The second-order valence-corrected chi connectivity index (χ2v) is 4.26. The summed E-state index contributed by atoms with van der Waals surface area (Å²) in [6, 6.07) is -0.0671. The lowest BCUT2D eigenvalue weighted by molar-refractivity contribution is 0.156. The van der Waals surface area contributed by atoms with Gasteiger partial charge in [0.15, 0.2) is 0 Å². The lowest BCUT2D eigenvalue weighted by atomic mass is 9.95. The summed E-state index contributed by atoms with van der Waals surface area (Å²) in [7, 11) is 0. The maximum Gasteiger partial charge on any atom is 0.147 e. The molecule has 1 fully saturated rings. The minimum atomic E-state index is -0.539. The van der Waals surface area contributed by atoms with Crippen molar-refractivity contribution in [2.24, 2.45) is 5.73 Å². The molecular formula is C8H16N2O. The van der Waals surface area contributed by atoms with Crippen LogP contribution in [0.25, 0.3) is 0 Å². The average molecular weight is 156 g/mol. The van der Waals surface area contributed by atoms with Gasteiger partial charge in [-0.25, -0.2) is 0 Å². The van der Waals surface area contributed by atoms with Gasteiger partial charge in [0, 0.05) is 18.0 Å². The molecule has 2 atom stereocenters. The Labute approximate surface area is 68.1 Å². The Morgan fingerprint density at radius 1 is 1.55 bits per heavy atom. The average Bonchev–Trinajstić information content (AvgIpc) is 1.94. The Balaban J connectivity index is 2.89. The van der Waals surface area contributed by atoms with Gasteiger partial charge in [-0.15, -0.1) is 0 Å². The second kappa shape index (κ2) is 2.12. The van der Waals surface area contributed by atoms with Crippen molar-refractivity contribution >= 4 is 0 Å². The van der Waals surface area contributed by atoms with Crippen LogP contribution in [-0.4, -0.2) is 22.2 Å². The SMILES string of the molecule is [CH2+]C1(C)CC(N)C(C)(C)N1[O-]. The van der Waals surface area contributed by atoms with Crippen LogP contribution in [0.15, 0.2) is 0 Å². The van der Waals surface area contributed by atoms with E-state index in [1.165, 1.54) is 0 Å². The van der Waals surface area contributed by atoms with Crippen LogP contribution in [0.4, 0.5) is 0 Å². The van der Waals surface area contributed by atoms with E-state index in [0.29, 0.717) is 6.42 Å². The summed E-state index contributed by atoms with van der Waals surface area (Å²) in [4.78, 5) is 0. The van der Waals surface area contributed by atoms with Gasteiger partial charge in [-0.1, -0.05) is 0 Å². The summed E-state index contributed by atoms with van der Waals surface area (Å²) < 4.78 is 0. The van der Waals surface area contributed by atoms with Crippen LogP contribution in [0.3, 0.4) is 0 Å². The van der Waals surface area contributed by atoms with Crippen molar-refractivity contribution in [3.8, 4) is 0 Å². The summed E-state index contributed by atoms with van der Waals surface area (Å²) in [5, 5.41) is 12.6. The molecule has 1 aliphatic rings. The molecule has 0 aromatic carbocycles. The number of hydrogen-bond acceptors (Lipinski definition) is 3. The van der Waals surface area contributed by atoms with Crippen LogP contribution >= 0.6 is 0 Å². The molecule has 0 radical (unpaired) electrons. The molecule has 0 aliphatic carbocycles. The molecule has 0 bridgehead atoms. The number of hydroxylamine groups is 2. The van der Waals surface area contributed by atoms with E-state index in [4.69, 9.17) is 5.73 Å². The number of rotatable bonds is 0. The molecule has 0 aromatic heterocycles. The fraction of sp³-hybridized carbons (Fsp3) is 0.875. The van der Waals surface area contributed by atoms with E-state index >= 15 is 0 Å². The highest BCUT2D eigenvalue weighted by atomic mass is 16.5. The lowest BCUT2D eigenvalue weighted by Gasteiger charge is -2.43. The molecule has 11 heavy (non-hydrogen) atoms. The third kappa shape index (κ3) is 1.13. The van der Waals surface area contributed by atoms with E-state index in [1.54, 1.807) is 0 Å². The first-order valence-corrected chi connectivity index (χ1v) is 3.87. The van der Waals surface area contributed by atoms with E-state index in [0.717, 1.165) is 5.06 Å². The highest BCUT2D eigenvalue weighted by Gasteiger charge is 2.48. The number of nitrogens with two attached hydrogens (primary N) is 1. The van der Waals surface area contributed by atoms with Gasteiger partial charge in [-0.2, -0.15) is 0 Å². The molecular weight excluding hydrogens is 140 g/mol. The van der Waals surface area contributed by atoms with Gasteiger partial charge in [0.05, 0.1) is 6.92 Å². The normalized spacial score (nSPS) is 44.6. The standard InChI is InChI=1S/C8H16N2O/c1-7(2)5-6(9)8(3,4)10(7)11/h6H,1,5,9H2,2-4H3. The highest BCUT2D eigenvalue weighted by molar-refractivity contribution is 5.11. The van der Waals surface area contributed by atoms with E-state index in [2.05, 4.69) is 6.92 Å². The van der Waals surface area contributed by atoms with Crippen LogP contribution in [0.1, 0.15) is 27.2 Å². The molecule has 1 rings (SSSR count). The van der Waals surface area contributed by atoms with E-state index < -0.39 is 11.1 Å². The van der Waals surface area contributed by atoms with Gasteiger partial charge in [-0.3, -0.25) is 0 Å². The van der Waals surface area contributed by atoms with Gasteiger partial charge < -0.3 is 16.0 Å². The predicted octanol–water partition coefficient (Wildman–Crippen LogP) is 0.889. The van der Waals surface area contributed by atoms with Crippen LogP contribution in [0, 0.1) is 12.1 Å². The van der Waals surface area contributed by atoms with E-state index in [-0.39, 0.29) is 6.04 Å². The maximum atomic E-state index is 11.5. The monoisotopic (exact) mass is 156 g/mol. The van der Waals surface area contributed by atoms with Crippen molar-refractivity contribution in [3.05, 3.63) is 12.1 Å². The van der Waals surface area contributed by atoms with E-state index in [9.17, 15) is 5.21 Å². The lowest BCUT2D eigenvalue weighted by Crippen LogP contribution is -2.49. The molecule has 64 valence electrons. The molecule has 3 heteroatoms. The Morgan fingerprint density at radius 2 is 2.00 bits per heavy atom. The minimum Gasteiger partial charge on any atom is -0.781 e. The molecule has 2 N–H and O–H groups in total. The van der Waals surface area contributed by atoms with Crippen LogP contribution in [-0.2, 0) is 0 Å². The summed E-state index contributed by atoms with van der Waals surface area (Å²) >= 11 is 0. The summed E-state index contributed by atoms with van der Waals surface area (Å²) in [6.45, 7) is 9.38. The minimum absolute atomic E-state index is 0.0671. The van der Waals surface area contributed by atoms with Crippen molar-refractivity contribution in [1.82, 2.24) is 5.06 Å². The molecule has 1 aliphatic heterocycles. The van der Waals surface area contributed by atoms with Crippen molar-refractivity contribution < 1.29 is 0 Å². The third-order valence-electron chi connectivity index (χ3n) is 2.58. The number of nitrogens with zero attached hydrogens (tertiary/aromatic N) is 1. The van der Waals surface area contributed by atoms with Crippen LogP contribution in [0.2, 0.25) is 0 Å². The smallest absolute Gasteiger partial charge is 0.147 e. The molecule has 1 saturated heterocycles. The van der Waals surface area contributed by atoms with Crippen LogP contribution in [0.5, 0.6) is 0 Å². The topological polar surface area (TPSA) is 52.3 Å². The van der Waals surface area contributed by atoms with Crippen LogP contribution < -0.4 is 5.73 Å². The zero-order chi connectivity index (χ0) is 8.86. The molecule has 1 heterocycles. The molecule has 0 saturated carbocycles. The summed E-state index contributed by atoms with van der Waals surface area (Å²) in [5.74, 6) is 0. The second-order valence-electron chi connectivity index (χ2n) is 4.26. The predicted molar refractivity (Wildman–Crippen MR) is 45.6 cm³/mol. The quantitative estimate of drug-likeness (QED) is 0.530.